The molecule has 0 heterocycles. The molecule has 1 aromatic rings. The number of halogens is 4. The van der Waals surface area contributed by atoms with Crippen molar-refractivity contribution in [3.63, 3.8) is 0 Å². The van der Waals surface area contributed by atoms with Crippen LogP contribution in [-0.2, 0) is 22.1 Å². The Morgan fingerprint density at radius 2 is 2.06 bits per heavy atom. The highest BCUT2D eigenvalue weighted by atomic mass is 19.4. The lowest BCUT2D eigenvalue weighted by Crippen LogP contribution is -2.33. The minimum atomic E-state index is -4.78. The highest BCUT2D eigenvalue weighted by Crippen LogP contribution is 2.32. The number of carbonyl (C=O) groups excluding carboxylic acids is 1. The Balaban J connectivity index is 2.96. The number of carbonyl (C=O) groups is 1. The molecule has 1 rings (SSSR count). The average Bonchev–Trinajstić information content (AvgIpc) is 2.29. The Kier molecular flexibility index (Phi) is 4.28. The fourth-order valence-electron chi connectivity index (χ4n) is 1.41. The fourth-order valence-corrected chi connectivity index (χ4v) is 1.41. The van der Waals surface area contributed by atoms with Gasteiger partial charge in [-0.15, -0.1) is 0 Å². The Morgan fingerprint density at radius 3 is 2.56 bits per heavy atom. The summed E-state index contributed by atoms with van der Waals surface area (Å²) < 4.78 is 54.6. The van der Waals surface area contributed by atoms with E-state index in [1.165, 1.54) is 0 Å². The van der Waals surface area contributed by atoms with Crippen molar-refractivity contribution in [3.8, 4) is 0 Å². The summed E-state index contributed by atoms with van der Waals surface area (Å²) in [5, 5.41) is 0. The number of methoxy groups -OCH3 is 1. The van der Waals surface area contributed by atoms with Crippen LogP contribution < -0.4 is 5.73 Å². The minimum Gasteiger partial charge on any atom is -0.468 e. The summed E-state index contributed by atoms with van der Waals surface area (Å²) in [5.74, 6) is -2.11. The van der Waals surface area contributed by atoms with E-state index in [9.17, 15) is 22.4 Å². The molecule has 0 aliphatic heterocycles. The summed E-state index contributed by atoms with van der Waals surface area (Å²) in [5.41, 5.74) is 4.14. The summed E-state index contributed by atoms with van der Waals surface area (Å²) in [6.07, 6.45) is -4.94. The molecule has 2 N–H and O–H groups in total. The van der Waals surface area contributed by atoms with Gasteiger partial charge < -0.3 is 10.5 Å². The van der Waals surface area contributed by atoms with Gasteiger partial charge in [0.1, 0.15) is 11.9 Å². The third-order valence-electron chi connectivity index (χ3n) is 2.30. The first-order chi connectivity index (χ1) is 8.25. The third kappa shape index (κ3) is 3.43. The molecule has 0 saturated carbocycles. The lowest BCUT2D eigenvalue weighted by atomic mass is 10.0. The van der Waals surface area contributed by atoms with Crippen LogP contribution in [0.1, 0.15) is 11.1 Å². The molecule has 0 aromatic heterocycles. The first-order valence-electron chi connectivity index (χ1n) is 4.94. The molecular formula is C11H11F4NO2. The normalized spacial score (nSPS) is 13.2. The van der Waals surface area contributed by atoms with E-state index >= 15 is 0 Å². The first kappa shape index (κ1) is 14.4. The Bertz CT molecular complexity index is 445. The monoisotopic (exact) mass is 265 g/mol. The second-order valence-electron chi connectivity index (χ2n) is 3.65. The molecular weight excluding hydrogens is 254 g/mol. The number of hydrogen-bond donors (Lipinski definition) is 1. The number of alkyl halides is 3. The van der Waals surface area contributed by atoms with Crippen LogP contribution in [0.5, 0.6) is 0 Å². The van der Waals surface area contributed by atoms with E-state index in [-0.39, 0.29) is 12.0 Å². The van der Waals surface area contributed by atoms with Crippen LogP contribution >= 0.6 is 0 Å². The number of hydrogen-bond acceptors (Lipinski definition) is 3. The average molecular weight is 265 g/mol. The molecule has 0 aliphatic rings. The second-order valence-corrected chi connectivity index (χ2v) is 3.65. The molecule has 0 amide bonds. The topological polar surface area (TPSA) is 52.3 Å². The van der Waals surface area contributed by atoms with Crippen LogP contribution in [0.25, 0.3) is 0 Å². The molecule has 0 aliphatic carbocycles. The van der Waals surface area contributed by atoms with Crippen molar-refractivity contribution in [1.82, 2.24) is 0 Å². The smallest absolute Gasteiger partial charge is 0.419 e. The van der Waals surface area contributed by atoms with Crippen molar-refractivity contribution in [2.45, 2.75) is 18.6 Å². The van der Waals surface area contributed by atoms with Crippen molar-refractivity contribution in [1.29, 1.82) is 0 Å². The van der Waals surface area contributed by atoms with E-state index in [2.05, 4.69) is 4.74 Å². The molecule has 0 unspecified atom stereocenters. The first-order valence-corrected chi connectivity index (χ1v) is 4.94. The predicted molar refractivity (Wildman–Crippen MR) is 55.1 cm³/mol. The van der Waals surface area contributed by atoms with Gasteiger partial charge in [-0.25, -0.2) is 4.39 Å². The maximum absolute atomic E-state index is 13.0. The van der Waals surface area contributed by atoms with Crippen molar-refractivity contribution < 1.29 is 27.1 Å². The van der Waals surface area contributed by atoms with Crippen LogP contribution in [0.3, 0.4) is 0 Å². The van der Waals surface area contributed by atoms with Crippen LogP contribution in [0.2, 0.25) is 0 Å². The third-order valence-corrected chi connectivity index (χ3v) is 2.30. The number of esters is 1. The second kappa shape index (κ2) is 5.34. The molecule has 0 radical (unpaired) electrons. The largest absolute Gasteiger partial charge is 0.468 e. The summed E-state index contributed by atoms with van der Waals surface area (Å²) >= 11 is 0. The Morgan fingerprint density at radius 1 is 1.44 bits per heavy atom. The highest BCUT2D eigenvalue weighted by molar-refractivity contribution is 5.75. The zero-order valence-corrected chi connectivity index (χ0v) is 9.42. The van der Waals surface area contributed by atoms with Gasteiger partial charge in [0.15, 0.2) is 0 Å². The lowest BCUT2D eigenvalue weighted by molar-refractivity contribution is -0.142. The van der Waals surface area contributed by atoms with E-state index in [1.807, 2.05) is 0 Å². The zero-order chi connectivity index (χ0) is 13.9. The molecule has 1 atom stereocenters. The van der Waals surface area contributed by atoms with Crippen molar-refractivity contribution >= 4 is 5.97 Å². The molecule has 0 saturated heterocycles. The van der Waals surface area contributed by atoms with E-state index in [1.54, 1.807) is 0 Å². The van der Waals surface area contributed by atoms with Gasteiger partial charge in [0.2, 0.25) is 0 Å². The zero-order valence-electron chi connectivity index (χ0n) is 9.42. The summed E-state index contributed by atoms with van der Waals surface area (Å²) in [7, 11) is 1.12. The fraction of sp³-hybridized carbons (Fsp3) is 0.364. The number of nitrogens with two attached hydrogens (primary N) is 1. The summed E-state index contributed by atoms with van der Waals surface area (Å²) in [6.45, 7) is 0. The van der Waals surface area contributed by atoms with Gasteiger partial charge >= 0.3 is 12.1 Å². The number of benzene rings is 1. The number of ether oxygens (including phenoxy) is 1. The van der Waals surface area contributed by atoms with E-state index < -0.39 is 29.6 Å². The maximum Gasteiger partial charge on any atom is 0.419 e. The maximum atomic E-state index is 13.0. The Hall–Kier alpha value is -1.63. The number of rotatable bonds is 3. The highest BCUT2D eigenvalue weighted by Gasteiger charge is 2.34. The summed E-state index contributed by atoms with van der Waals surface area (Å²) in [6, 6.07) is 1.40. The van der Waals surface area contributed by atoms with Crippen molar-refractivity contribution in [2.24, 2.45) is 5.73 Å². The van der Waals surface area contributed by atoms with E-state index in [0.717, 1.165) is 13.2 Å². The molecule has 1 aromatic carbocycles. The van der Waals surface area contributed by atoms with Crippen molar-refractivity contribution in [2.75, 3.05) is 7.11 Å². The van der Waals surface area contributed by atoms with Crippen LogP contribution in [-0.4, -0.2) is 19.1 Å². The molecule has 0 bridgehead atoms. The van der Waals surface area contributed by atoms with E-state index in [4.69, 9.17) is 5.73 Å². The van der Waals surface area contributed by atoms with E-state index in [0.29, 0.717) is 12.1 Å². The van der Waals surface area contributed by atoms with Crippen LogP contribution in [0, 0.1) is 5.82 Å². The molecule has 100 valence electrons. The molecule has 0 fully saturated rings. The van der Waals surface area contributed by atoms with Gasteiger partial charge in [-0.1, -0.05) is 6.07 Å². The molecule has 3 nitrogen and oxygen atoms in total. The summed E-state index contributed by atoms with van der Waals surface area (Å²) in [4.78, 5) is 11.0. The van der Waals surface area contributed by atoms with Gasteiger partial charge in [0, 0.05) is 0 Å². The standard InChI is InChI=1S/C11H11F4NO2/c1-18-10(17)9(16)5-6-2-3-8(12)7(4-6)11(13,14)15/h2-4,9H,5,16H2,1H3/t9-/m1/s1. The van der Waals surface area contributed by atoms with Gasteiger partial charge in [-0.05, 0) is 24.1 Å². The molecule has 0 spiro atoms. The van der Waals surface area contributed by atoms with Crippen molar-refractivity contribution in [3.05, 3.63) is 35.1 Å². The SMILES string of the molecule is COC(=O)[C@H](N)Cc1ccc(F)c(C(F)(F)F)c1. The quantitative estimate of drug-likeness (QED) is 0.670. The van der Waals surface area contributed by atoms with Gasteiger partial charge in [-0.2, -0.15) is 13.2 Å². The lowest BCUT2D eigenvalue weighted by Gasteiger charge is -2.12. The minimum absolute atomic E-state index is 0.113. The molecule has 18 heavy (non-hydrogen) atoms. The van der Waals surface area contributed by atoms with Crippen LogP contribution in [0.4, 0.5) is 17.6 Å². The predicted octanol–water partition coefficient (Wildman–Crippen LogP) is 1.89. The van der Waals surface area contributed by atoms with Crippen LogP contribution in [0.15, 0.2) is 18.2 Å². The molecule has 7 heteroatoms. The van der Waals surface area contributed by atoms with Gasteiger partial charge in [-0.3, -0.25) is 4.79 Å². The van der Waals surface area contributed by atoms with Gasteiger partial charge in [0.05, 0.1) is 12.7 Å². The Labute approximate surface area is 101 Å². The van der Waals surface area contributed by atoms with Gasteiger partial charge in [0.25, 0.3) is 0 Å².